The first-order valence-corrected chi connectivity index (χ1v) is 9.09. The van der Waals surface area contributed by atoms with Gasteiger partial charge in [0.2, 0.25) is 5.91 Å². The van der Waals surface area contributed by atoms with Gasteiger partial charge in [-0.2, -0.15) is 0 Å². The summed E-state index contributed by atoms with van der Waals surface area (Å²) in [4.78, 5) is 15.0. The van der Waals surface area contributed by atoms with Crippen LogP contribution in [0.1, 0.15) is 32.3 Å². The van der Waals surface area contributed by atoms with Gasteiger partial charge in [0.1, 0.15) is 0 Å². The van der Waals surface area contributed by atoms with E-state index in [9.17, 15) is 4.79 Å². The molecule has 130 valence electrons. The molecule has 1 N–H and O–H groups in total. The van der Waals surface area contributed by atoms with Crippen molar-refractivity contribution in [1.82, 2.24) is 10.2 Å². The quantitative estimate of drug-likeness (QED) is 0.808. The normalized spacial score (nSPS) is 16.6. The summed E-state index contributed by atoms with van der Waals surface area (Å²) in [5, 5.41) is 3.37. The Morgan fingerprint density at radius 2 is 2.09 bits per heavy atom. The molecule has 23 heavy (non-hydrogen) atoms. The van der Waals surface area contributed by atoms with Gasteiger partial charge < -0.3 is 10.2 Å². The van der Waals surface area contributed by atoms with Gasteiger partial charge in [-0.3, -0.25) is 4.79 Å². The molecule has 1 heterocycles. The lowest BCUT2D eigenvalue weighted by atomic mass is 9.89. The largest absolute Gasteiger partial charge is 0.341 e. The summed E-state index contributed by atoms with van der Waals surface area (Å²) in [7, 11) is 0. The molecule has 1 aromatic rings. The van der Waals surface area contributed by atoms with E-state index in [4.69, 9.17) is 0 Å². The van der Waals surface area contributed by atoms with Gasteiger partial charge in [-0.1, -0.05) is 41.9 Å². The number of hydrogen-bond acceptors (Lipinski definition) is 2. The fourth-order valence-corrected chi connectivity index (χ4v) is 3.56. The Kier molecular flexibility index (Phi) is 9.18. The SMILES string of the molecule is CC(C)CC(Cc1cccc(Br)c1)C(=O)N1CCCNCC1.Cl. The predicted octanol–water partition coefficient (Wildman–Crippen LogP) is 3.90. The Morgan fingerprint density at radius 1 is 1.30 bits per heavy atom. The lowest BCUT2D eigenvalue weighted by Gasteiger charge is -2.27. The van der Waals surface area contributed by atoms with Gasteiger partial charge in [0.25, 0.3) is 0 Å². The van der Waals surface area contributed by atoms with Gasteiger partial charge in [-0.15, -0.1) is 12.4 Å². The Morgan fingerprint density at radius 3 is 2.78 bits per heavy atom. The summed E-state index contributed by atoms with van der Waals surface area (Å²) >= 11 is 3.52. The maximum absolute atomic E-state index is 13.0. The molecule has 0 spiro atoms. The molecule has 0 bridgehead atoms. The van der Waals surface area contributed by atoms with E-state index in [2.05, 4.69) is 52.1 Å². The number of carbonyl (C=O) groups is 1. The Balaban J connectivity index is 0.00000264. The maximum Gasteiger partial charge on any atom is 0.226 e. The molecule has 1 fully saturated rings. The highest BCUT2D eigenvalue weighted by molar-refractivity contribution is 9.10. The van der Waals surface area contributed by atoms with Crippen LogP contribution in [0.4, 0.5) is 0 Å². The number of nitrogens with zero attached hydrogens (tertiary/aromatic N) is 1. The second-order valence-electron chi connectivity index (χ2n) is 6.59. The summed E-state index contributed by atoms with van der Waals surface area (Å²) in [6.07, 6.45) is 2.84. The Bertz CT molecular complexity index is 488. The van der Waals surface area contributed by atoms with Gasteiger partial charge in [0.05, 0.1) is 0 Å². The number of carbonyl (C=O) groups excluding carboxylic acids is 1. The first-order valence-electron chi connectivity index (χ1n) is 8.30. The summed E-state index contributed by atoms with van der Waals surface area (Å²) in [6, 6.07) is 8.33. The van der Waals surface area contributed by atoms with Crippen LogP contribution in [-0.4, -0.2) is 37.0 Å². The molecule has 0 aromatic heterocycles. The first-order chi connectivity index (χ1) is 10.6. The zero-order chi connectivity index (χ0) is 15.9. The van der Waals surface area contributed by atoms with E-state index < -0.39 is 0 Å². The smallest absolute Gasteiger partial charge is 0.226 e. The second kappa shape index (κ2) is 10.3. The fourth-order valence-electron chi connectivity index (χ4n) is 3.11. The summed E-state index contributed by atoms with van der Waals surface area (Å²) in [6.45, 7) is 8.06. The highest BCUT2D eigenvalue weighted by Gasteiger charge is 2.25. The van der Waals surface area contributed by atoms with E-state index in [0.717, 1.165) is 49.9 Å². The van der Waals surface area contributed by atoms with E-state index >= 15 is 0 Å². The monoisotopic (exact) mass is 402 g/mol. The minimum absolute atomic E-state index is 0. The number of halogens is 2. The van der Waals surface area contributed by atoms with Crippen LogP contribution in [0.2, 0.25) is 0 Å². The van der Waals surface area contributed by atoms with E-state index in [1.165, 1.54) is 5.56 Å². The number of nitrogens with one attached hydrogen (secondary N) is 1. The molecule has 1 atom stereocenters. The lowest BCUT2D eigenvalue weighted by Crippen LogP contribution is -2.39. The number of rotatable bonds is 5. The molecular weight excluding hydrogens is 376 g/mol. The molecule has 1 amide bonds. The van der Waals surface area contributed by atoms with Crippen molar-refractivity contribution >= 4 is 34.2 Å². The summed E-state index contributed by atoms with van der Waals surface area (Å²) in [5.41, 5.74) is 1.24. The predicted molar refractivity (Wildman–Crippen MR) is 102 cm³/mol. The minimum atomic E-state index is 0. The van der Waals surface area contributed by atoms with E-state index in [1.54, 1.807) is 0 Å². The topological polar surface area (TPSA) is 32.3 Å². The molecule has 1 aliphatic heterocycles. The van der Waals surface area contributed by atoms with Crippen molar-refractivity contribution in [3.8, 4) is 0 Å². The van der Waals surface area contributed by atoms with Gasteiger partial charge in [0, 0.05) is 30.0 Å². The first kappa shape index (κ1) is 20.5. The highest BCUT2D eigenvalue weighted by Crippen LogP contribution is 2.22. The average Bonchev–Trinajstić information content (AvgIpc) is 2.74. The van der Waals surface area contributed by atoms with E-state index in [0.29, 0.717) is 11.8 Å². The van der Waals surface area contributed by atoms with Gasteiger partial charge in [-0.25, -0.2) is 0 Å². The van der Waals surface area contributed by atoms with Crippen LogP contribution in [0.15, 0.2) is 28.7 Å². The molecule has 1 unspecified atom stereocenters. The molecular formula is C18H28BrClN2O. The molecule has 2 rings (SSSR count). The van der Waals surface area contributed by atoms with E-state index in [-0.39, 0.29) is 18.3 Å². The molecule has 0 aliphatic carbocycles. The van der Waals surface area contributed by atoms with Gasteiger partial charge in [0.15, 0.2) is 0 Å². The Labute approximate surface area is 154 Å². The molecule has 0 radical (unpaired) electrons. The lowest BCUT2D eigenvalue weighted by molar-refractivity contribution is -0.135. The van der Waals surface area contributed by atoms with Crippen molar-refractivity contribution in [1.29, 1.82) is 0 Å². The summed E-state index contributed by atoms with van der Waals surface area (Å²) in [5.74, 6) is 0.955. The van der Waals surface area contributed by atoms with Crippen LogP contribution < -0.4 is 5.32 Å². The number of benzene rings is 1. The molecule has 1 saturated heterocycles. The third-order valence-electron chi connectivity index (χ3n) is 4.13. The van der Waals surface area contributed by atoms with Crippen LogP contribution in [0.5, 0.6) is 0 Å². The van der Waals surface area contributed by atoms with Crippen molar-refractivity contribution in [3.05, 3.63) is 34.3 Å². The highest BCUT2D eigenvalue weighted by atomic mass is 79.9. The maximum atomic E-state index is 13.0. The van der Waals surface area contributed by atoms with Crippen LogP contribution in [-0.2, 0) is 11.2 Å². The van der Waals surface area contributed by atoms with Crippen LogP contribution in [0, 0.1) is 11.8 Å². The van der Waals surface area contributed by atoms with Crippen molar-refractivity contribution in [2.75, 3.05) is 26.2 Å². The zero-order valence-corrected chi connectivity index (χ0v) is 16.5. The minimum Gasteiger partial charge on any atom is -0.341 e. The standard InChI is InChI=1S/C18H27BrN2O.ClH/c1-14(2)11-16(12-15-5-3-6-17(19)13-15)18(22)21-9-4-7-20-8-10-21;/h3,5-6,13-14,16,20H,4,7-12H2,1-2H3;1H. The van der Waals surface area contributed by atoms with Gasteiger partial charge in [-0.05, 0) is 49.4 Å². The molecule has 3 nitrogen and oxygen atoms in total. The molecule has 1 aromatic carbocycles. The second-order valence-corrected chi connectivity index (χ2v) is 7.51. The average molecular weight is 404 g/mol. The number of amides is 1. The van der Waals surface area contributed by atoms with Crippen LogP contribution in [0.25, 0.3) is 0 Å². The Hall–Kier alpha value is -0.580. The molecule has 5 heteroatoms. The van der Waals surface area contributed by atoms with Crippen molar-refractivity contribution in [2.24, 2.45) is 11.8 Å². The third kappa shape index (κ3) is 6.82. The van der Waals surface area contributed by atoms with Gasteiger partial charge >= 0.3 is 0 Å². The third-order valence-corrected chi connectivity index (χ3v) is 4.62. The van der Waals surface area contributed by atoms with Crippen LogP contribution in [0.3, 0.4) is 0 Å². The number of hydrogen-bond donors (Lipinski definition) is 1. The fraction of sp³-hybridized carbons (Fsp3) is 0.611. The molecule has 0 saturated carbocycles. The zero-order valence-electron chi connectivity index (χ0n) is 14.1. The van der Waals surface area contributed by atoms with Crippen LogP contribution >= 0.6 is 28.3 Å². The summed E-state index contributed by atoms with van der Waals surface area (Å²) < 4.78 is 1.08. The van der Waals surface area contributed by atoms with Crippen molar-refractivity contribution < 1.29 is 4.79 Å². The molecule has 1 aliphatic rings. The van der Waals surface area contributed by atoms with Crippen molar-refractivity contribution in [2.45, 2.75) is 33.1 Å². The van der Waals surface area contributed by atoms with E-state index in [1.807, 2.05) is 12.1 Å². The van der Waals surface area contributed by atoms with Crippen molar-refractivity contribution in [3.63, 3.8) is 0 Å².